The summed E-state index contributed by atoms with van der Waals surface area (Å²) >= 11 is 0. The first-order chi connectivity index (χ1) is 11.6. The van der Waals surface area contributed by atoms with Gasteiger partial charge in [-0.05, 0) is 30.5 Å². The number of hydrogen-bond donors (Lipinski definition) is 1. The first kappa shape index (κ1) is 16.4. The number of likely N-dealkylation sites (tertiary alicyclic amines) is 1. The smallest absolute Gasteiger partial charge is 0.318 e. The van der Waals surface area contributed by atoms with Crippen molar-refractivity contribution in [2.75, 3.05) is 6.54 Å². The molecule has 0 spiro atoms. The maximum atomic E-state index is 14.1. The van der Waals surface area contributed by atoms with Crippen LogP contribution in [0.2, 0.25) is 0 Å². The lowest BCUT2D eigenvalue weighted by molar-refractivity contribution is 0.0606. The molecule has 1 saturated heterocycles. The summed E-state index contributed by atoms with van der Waals surface area (Å²) < 4.78 is 41.4. The zero-order chi connectivity index (χ0) is 17.1. The number of urea groups is 1. The van der Waals surface area contributed by atoms with Gasteiger partial charge in [0.25, 0.3) is 6.43 Å². The number of nitrogens with zero attached hydrogens (tertiary/aromatic N) is 3. The molecule has 0 bridgehead atoms. The standard InChI is InChI=1S/C16H17F3N4O/c17-12-8-11(3-4-13(12)22-7-5-20-10-22)9-21-16(24)23-6-1-2-14(23)15(18)19/h3-5,7-8,10,14-15H,1-2,6,9H2,(H,21,24)/t14-/m0/s1. The van der Waals surface area contributed by atoms with Gasteiger partial charge in [0, 0.05) is 25.5 Å². The monoisotopic (exact) mass is 338 g/mol. The average Bonchev–Trinajstić information content (AvgIpc) is 3.23. The van der Waals surface area contributed by atoms with Gasteiger partial charge in [0.1, 0.15) is 5.82 Å². The number of benzene rings is 1. The molecule has 2 aromatic rings. The molecule has 1 aromatic heterocycles. The number of nitrogens with one attached hydrogen (secondary N) is 1. The average molecular weight is 338 g/mol. The van der Waals surface area contributed by atoms with E-state index in [-0.39, 0.29) is 6.54 Å². The first-order valence-electron chi connectivity index (χ1n) is 7.65. The van der Waals surface area contributed by atoms with E-state index >= 15 is 0 Å². The van der Waals surface area contributed by atoms with Crippen LogP contribution in [0.4, 0.5) is 18.0 Å². The zero-order valence-corrected chi connectivity index (χ0v) is 12.8. The molecule has 1 aliphatic rings. The Hall–Kier alpha value is -2.51. The molecule has 1 aromatic carbocycles. The van der Waals surface area contributed by atoms with Gasteiger partial charge in [0.05, 0.1) is 18.1 Å². The molecule has 0 radical (unpaired) electrons. The third kappa shape index (κ3) is 3.37. The van der Waals surface area contributed by atoms with Gasteiger partial charge in [0.15, 0.2) is 0 Å². The molecular weight excluding hydrogens is 321 g/mol. The second-order valence-corrected chi connectivity index (χ2v) is 5.65. The molecule has 0 unspecified atom stereocenters. The highest BCUT2D eigenvalue weighted by atomic mass is 19.3. The van der Waals surface area contributed by atoms with E-state index in [1.807, 2.05) is 0 Å². The lowest BCUT2D eigenvalue weighted by atomic mass is 10.2. The molecule has 8 heteroatoms. The maximum absolute atomic E-state index is 14.1. The molecule has 128 valence electrons. The summed E-state index contributed by atoms with van der Waals surface area (Å²) in [4.78, 5) is 17.1. The summed E-state index contributed by atoms with van der Waals surface area (Å²) in [5.41, 5.74) is 0.900. The molecule has 5 nitrogen and oxygen atoms in total. The summed E-state index contributed by atoms with van der Waals surface area (Å²) in [6.07, 6.45) is 2.97. The van der Waals surface area contributed by atoms with Crippen molar-refractivity contribution in [1.82, 2.24) is 19.8 Å². The van der Waals surface area contributed by atoms with Crippen LogP contribution in [-0.2, 0) is 6.54 Å². The quantitative estimate of drug-likeness (QED) is 0.932. The van der Waals surface area contributed by atoms with Gasteiger partial charge < -0.3 is 14.8 Å². The summed E-state index contributed by atoms with van der Waals surface area (Å²) in [7, 11) is 0. The number of rotatable bonds is 4. The Balaban J connectivity index is 1.62. The highest BCUT2D eigenvalue weighted by Gasteiger charge is 2.34. The van der Waals surface area contributed by atoms with Crippen molar-refractivity contribution in [1.29, 1.82) is 0 Å². The summed E-state index contributed by atoms with van der Waals surface area (Å²) in [5, 5.41) is 2.58. The van der Waals surface area contributed by atoms with Crippen LogP contribution in [0.15, 0.2) is 36.9 Å². The predicted molar refractivity (Wildman–Crippen MR) is 81.5 cm³/mol. The van der Waals surface area contributed by atoms with E-state index in [0.29, 0.717) is 30.6 Å². The number of imidazole rings is 1. The van der Waals surface area contributed by atoms with Crippen molar-refractivity contribution >= 4 is 6.03 Å². The lowest BCUT2D eigenvalue weighted by Crippen LogP contribution is -2.45. The van der Waals surface area contributed by atoms with E-state index < -0.39 is 24.3 Å². The fourth-order valence-electron chi connectivity index (χ4n) is 2.86. The molecule has 0 aliphatic carbocycles. The molecule has 1 aliphatic heterocycles. The normalized spacial score (nSPS) is 17.5. The van der Waals surface area contributed by atoms with Crippen LogP contribution < -0.4 is 5.32 Å². The number of carbonyl (C=O) groups excluding carboxylic acids is 1. The highest BCUT2D eigenvalue weighted by Crippen LogP contribution is 2.23. The van der Waals surface area contributed by atoms with Gasteiger partial charge in [-0.15, -0.1) is 0 Å². The number of carbonyl (C=O) groups is 1. The molecule has 1 fully saturated rings. The van der Waals surface area contributed by atoms with E-state index in [2.05, 4.69) is 10.3 Å². The van der Waals surface area contributed by atoms with Crippen molar-refractivity contribution < 1.29 is 18.0 Å². The molecule has 2 heterocycles. The van der Waals surface area contributed by atoms with Crippen LogP contribution in [-0.4, -0.2) is 39.5 Å². The molecule has 1 atom stereocenters. The van der Waals surface area contributed by atoms with Crippen molar-refractivity contribution in [3.8, 4) is 5.69 Å². The maximum Gasteiger partial charge on any atom is 0.318 e. The minimum absolute atomic E-state index is 0.0758. The van der Waals surface area contributed by atoms with Crippen molar-refractivity contribution in [3.05, 3.63) is 48.3 Å². The fourth-order valence-corrected chi connectivity index (χ4v) is 2.86. The number of aromatic nitrogens is 2. The minimum Gasteiger partial charge on any atom is -0.334 e. The van der Waals surface area contributed by atoms with E-state index in [4.69, 9.17) is 0 Å². The second kappa shape index (κ2) is 6.94. The molecule has 1 N–H and O–H groups in total. The van der Waals surface area contributed by atoms with Crippen molar-refractivity contribution in [2.24, 2.45) is 0 Å². The van der Waals surface area contributed by atoms with Crippen LogP contribution >= 0.6 is 0 Å². The van der Waals surface area contributed by atoms with Crippen LogP contribution in [0.1, 0.15) is 18.4 Å². The van der Waals surface area contributed by atoms with Gasteiger partial charge in [-0.25, -0.2) is 22.9 Å². The molecule has 0 saturated carbocycles. The largest absolute Gasteiger partial charge is 0.334 e. The third-order valence-electron chi connectivity index (χ3n) is 4.09. The van der Waals surface area contributed by atoms with Crippen molar-refractivity contribution in [3.63, 3.8) is 0 Å². The van der Waals surface area contributed by atoms with Crippen LogP contribution in [0.25, 0.3) is 5.69 Å². The SMILES string of the molecule is O=C(NCc1ccc(-n2ccnc2)c(F)c1)N1CCC[C@H]1C(F)F. The Morgan fingerprint density at radius 2 is 2.25 bits per heavy atom. The number of hydrogen-bond acceptors (Lipinski definition) is 2. The van der Waals surface area contributed by atoms with Crippen molar-refractivity contribution in [2.45, 2.75) is 31.9 Å². The Labute approximate surface area is 137 Å². The zero-order valence-electron chi connectivity index (χ0n) is 12.8. The van der Waals surface area contributed by atoms with Gasteiger partial charge in [-0.2, -0.15) is 0 Å². The summed E-state index contributed by atoms with van der Waals surface area (Å²) in [6, 6.07) is 2.98. The fraction of sp³-hybridized carbons (Fsp3) is 0.375. The summed E-state index contributed by atoms with van der Waals surface area (Å²) in [5.74, 6) is -0.452. The topological polar surface area (TPSA) is 50.2 Å². The summed E-state index contributed by atoms with van der Waals surface area (Å²) in [6.45, 7) is 0.390. The Bertz CT molecular complexity index is 705. The van der Waals surface area contributed by atoms with Crippen LogP contribution in [0, 0.1) is 5.82 Å². The molecule has 3 rings (SSSR count). The van der Waals surface area contributed by atoms with Gasteiger partial charge in [0.2, 0.25) is 0 Å². The van der Waals surface area contributed by atoms with Gasteiger partial charge in [-0.1, -0.05) is 6.07 Å². The number of alkyl halides is 2. The Morgan fingerprint density at radius 3 is 2.92 bits per heavy atom. The Kier molecular flexibility index (Phi) is 4.73. The molecule has 24 heavy (non-hydrogen) atoms. The van der Waals surface area contributed by atoms with Gasteiger partial charge in [-0.3, -0.25) is 0 Å². The first-order valence-corrected chi connectivity index (χ1v) is 7.65. The number of amides is 2. The van der Waals surface area contributed by atoms with Crippen LogP contribution in [0.3, 0.4) is 0 Å². The van der Waals surface area contributed by atoms with E-state index in [9.17, 15) is 18.0 Å². The molecular formula is C16H17F3N4O. The Morgan fingerprint density at radius 1 is 1.42 bits per heavy atom. The van der Waals surface area contributed by atoms with E-state index in [1.54, 1.807) is 24.5 Å². The van der Waals surface area contributed by atoms with E-state index in [1.165, 1.54) is 17.0 Å². The minimum atomic E-state index is -2.55. The van der Waals surface area contributed by atoms with E-state index in [0.717, 1.165) is 4.90 Å². The van der Waals surface area contributed by atoms with Crippen LogP contribution in [0.5, 0.6) is 0 Å². The predicted octanol–water partition coefficient (Wildman–Crippen LogP) is 2.95. The highest BCUT2D eigenvalue weighted by molar-refractivity contribution is 5.75. The number of halogens is 3. The third-order valence-corrected chi connectivity index (χ3v) is 4.09. The second-order valence-electron chi connectivity index (χ2n) is 5.65. The lowest BCUT2D eigenvalue weighted by Gasteiger charge is -2.24. The molecule has 2 amide bonds. The van der Waals surface area contributed by atoms with Gasteiger partial charge >= 0.3 is 6.03 Å².